The van der Waals surface area contributed by atoms with Crippen LogP contribution in [0.25, 0.3) is 11.0 Å². The lowest BCUT2D eigenvalue weighted by Gasteiger charge is -2.14. The van der Waals surface area contributed by atoms with Gasteiger partial charge in [0.2, 0.25) is 5.91 Å². The number of hydrogen-bond donors (Lipinski definition) is 1. The quantitative estimate of drug-likeness (QED) is 0.755. The number of carbonyl (C=O) groups is 1. The molecule has 1 heterocycles. The molecule has 0 aliphatic heterocycles. The van der Waals surface area contributed by atoms with Crippen molar-refractivity contribution in [3.05, 3.63) is 58.8 Å². The Morgan fingerprint density at radius 2 is 1.83 bits per heavy atom. The van der Waals surface area contributed by atoms with Crippen molar-refractivity contribution in [1.82, 2.24) is 5.16 Å². The van der Waals surface area contributed by atoms with E-state index in [1.165, 1.54) is 0 Å². The number of fused-ring (bicyclic) bond motifs is 1. The maximum atomic E-state index is 12.6. The van der Waals surface area contributed by atoms with E-state index in [4.69, 9.17) is 4.52 Å². The van der Waals surface area contributed by atoms with Crippen molar-refractivity contribution in [3.8, 4) is 0 Å². The zero-order chi connectivity index (χ0) is 17.1. The normalized spacial score (nSPS) is 11.0. The van der Waals surface area contributed by atoms with Crippen LogP contribution in [0.1, 0.15) is 36.2 Å². The fourth-order valence-corrected chi connectivity index (χ4v) is 2.97. The zero-order valence-electron chi connectivity index (χ0n) is 14.3. The number of nitrogens with zero attached hydrogens (tertiary/aromatic N) is 1. The van der Waals surface area contributed by atoms with Crippen molar-refractivity contribution >= 4 is 22.6 Å². The maximum Gasteiger partial charge on any atom is 0.230 e. The van der Waals surface area contributed by atoms with E-state index in [0.29, 0.717) is 11.3 Å². The Balaban J connectivity index is 1.84. The lowest BCUT2D eigenvalue weighted by Crippen LogP contribution is -2.17. The number of carbonyl (C=O) groups excluding carboxylic acids is 1. The first-order chi connectivity index (χ1) is 11.6. The number of anilines is 1. The third kappa shape index (κ3) is 3.18. The van der Waals surface area contributed by atoms with Crippen LogP contribution in [0.2, 0.25) is 0 Å². The van der Waals surface area contributed by atoms with E-state index >= 15 is 0 Å². The SMILES string of the molecule is CCc1cccc(CC)c1NC(=O)Cc1noc2ccc(C)cc12. The van der Waals surface area contributed by atoms with Gasteiger partial charge in [0.1, 0.15) is 5.69 Å². The molecule has 24 heavy (non-hydrogen) atoms. The monoisotopic (exact) mass is 322 g/mol. The molecule has 0 unspecified atom stereocenters. The van der Waals surface area contributed by atoms with Crippen LogP contribution in [-0.2, 0) is 24.1 Å². The minimum atomic E-state index is -0.0673. The predicted octanol–water partition coefficient (Wildman–Crippen LogP) is 4.44. The van der Waals surface area contributed by atoms with Crippen LogP contribution < -0.4 is 5.32 Å². The second kappa shape index (κ2) is 6.87. The highest BCUT2D eigenvalue weighted by Crippen LogP contribution is 2.24. The van der Waals surface area contributed by atoms with E-state index in [-0.39, 0.29) is 12.3 Å². The van der Waals surface area contributed by atoms with Gasteiger partial charge >= 0.3 is 0 Å². The highest BCUT2D eigenvalue weighted by molar-refractivity contribution is 5.96. The molecule has 2 aromatic carbocycles. The van der Waals surface area contributed by atoms with Gasteiger partial charge in [0.15, 0.2) is 5.58 Å². The standard InChI is InChI=1S/C20H22N2O2/c1-4-14-7-6-8-15(5-2)20(14)21-19(23)12-17-16-11-13(3)9-10-18(16)24-22-17/h6-11H,4-5,12H2,1-3H3,(H,21,23). The van der Waals surface area contributed by atoms with Crippen molar-refractivity contribution in [2.24, 2.45) is 0 Å². The molecule has 0 atom stereocenters. The number of para-hydroxylation sites is 1. The fourth-order valence-electron chi connectivity index (χ4n) is 2.97. The molecule has 0 aliphatic rings. The largest absolute Gasteiger partial charge is 0.356 e. The Kier molecular flexibility index (Phi) is 4.65. The number of nitrogens with one attached hydrogen (secondary N) is 1. The predicted molar refractivity (Wildman–Crippen MR) is 96.3 cm³/mol. The molecule has 1 aromatic heterocycles. The Bertz CT molecular complexity index is 858. The molecule has 0 radical (unpaired) electrons. The van der Waals surface area contributed by atoms with Crippen LogP contribution in [-0.4, -0.2) is 11.1 Å². The van der Waals surface area contributed by atoms with Gasteiger partial charge in [-0.25, -0.2) is 0 Å². The highest BCUT2D eigenvalue weighted by atomic mass is 16.5. The van der Waals surface area contributed by atoms with Crippen LogP contribution in [0.3, 0.4) is 0 Å². The maximum absolute atomic E-state index is 12.6. The smallest absolute Gasteiger partial charge is 0.230 e. The minimum absolute atomic E-state index is 0.0673. The van der Waals surface area contributed by atoms with Crippen molar-refractivity contribution in [3.63, 3.8) is 0 Å². The van der Waals surface area contributed by atoms with E-state index in [0.717, 1.165) is 40.6 Å². The summed E-state index contributed by atoms with van der Waals surface area (Å²) >= 11 is 0. The summed E-state index contributed by atoms with van der Waals surface area (Å²) in [7, 11) is 0. The molecular weight excluding hydrogens is 300 g/mol. The summed E-state index contributed by atoms with van der Waals surface area (Å²) in [6, 6.07) is 12.0. The molecule has 0 bridgehead atoms. The lowest BCUT2D eigenvalue weighted by molar-refractivity contribution is -0.115. The topological polar surface area (TPSA) is 55.1 Å². The molecular formula is C20H22N2O2. The van der Waals surface area contributed by atoms with Gasteiger partial charge in [0, 0.05) is 11.1 Å². The van der Waals surface area contributed by atoms with E-state index in [9.17, 15) is 4.79 Å². The van der Waals surface area contributed by atoms with Gasteiger partial charge in [0.25, 0.3) is 0 Å². The summed E-state index contributed by atoms with van der Waals surface area (Å²) in [5, 5.41) is 8.05. The van der Waals surface area contributed by atoms with Gasteiger partial charge in [-0.1, -0.05) is 48.8 Å². The first kappa shape index (κ1) is 16.2. The molecule has 124 valence electrons. The number of hydrogen-bond acceptors (Lipinski definition) is 3. The Morgan fingerprint density at radius 3 is 2.50 bits per heavy atom. The second-order valence-electron chi connectivity index (χ2n) is 6.01. The molecule has 1 N–H and O–H groups in total. The summed E-state index contributed by atoms with van der Waals surface area (Å²) in [6.45, 7) is 6.21. The lowest BCUT2D eigenvalue weighted by atomic mass is 10.0. The van der Waals surface area contributed by atoms with Crippen molar-refractivity contribution in [2.75, 3.05) is 5.32 Å². The van der Waals surface area contributed by atoms with Gasteiger partial charge in [-0.3, -0.25) is 4.79 Å². The third-order valence-electron chi connectivity index (χ3n) is 4.29. The van der Waals surface area contributed by atoms with Crippen molar-refractivity contribution < 1.29 is 9.32 Å². The number of rotatable bonds is 5. The first-order valence-corrected chi connectivity index (χ1v) is 8.37. The van der Waals surface area contributed by atoms with Crippen LogP contribution in [0.15, 0.2) is 40.9 Å². The molecule has 3 aromatic rings. The van der Waals surface area contributed by atoms with Gasteiger partial charge in [-0.2, -0.15) is 0 Å². The highest BCUT2D eigenvalue weighted by Gasteiger charge is 2.15. The van der Waals surface area contributed by atoms with E-state index in [1.807, 2.05) is 31.2 Å². The van der Waals surface area contributed by atoms with Crippen LogP contribution >= 0.6 is 0 Å². The number of amides is 1. The average molecular weight is 322 g/mol. The van der Waals surface area contributed by atoms with E-state index in [1.54, 1.807) is 0 Å². The molecule has 3 rings (SSSR count). The van der Waals surface area contributed by atoms with E-state index < -0.39 is 0 Å². The van der Waals surface area contributed by atoms with Gasteiger partial charge < -0.3 is 9.84 Å². The van der Waals surface area contributed by atoms with Gasteiger partial charge in [0.05, 0.1) is 6.42 Å². The second-order valence-corrected chi connectivity index (χ2v) is 6.01. The zero-order valence-corrected chi connectivity index (χ0v) is 14.3. The fraction of sp³-hybridized carbons (Fsp3) is 0.300. The molecule has 0 spiro atoms. The van der Waals surface area contributed by atoms with Crippen LogP contribution in [0.5, 0.6) is 0 Å². The van der Waals surface area contributed by atoms with Crippen molar-refractivity contribution in [1.29, 1.82) is 0 Å². The molecule has 0 saturated carbocycles. The van der Waals surface area contributed by atoms with E-state index in [2.05, 4.69) is 36.5 Å². The molecule has 1 amide bonds. The number of aryl methyl sites for hydroxylation is 3. The average Bonchev–Trinajstić information content (AvgIpc) is 2.97. The molecule has 4 heteroatoms. The van der Waals surface area contributed by atoms with Gasteiger partial charge in [-0.05, 0) is 43.0 Å². The van der Waals surface area contributed by atoms with Gasteiger partial charge in [-0.15, -0.1) is 0 Å². The number of aromatic nitrogens is 1. The molecule has 0 saturated heterocycles. The molecule has 0 fully saturated rings. The van der Waals surface area contributed by atoms with Crippen LogP contribution in [0.4, 0.5) is 5.69 Å². The molecule has 4 nitrogen and oxygen atoms in total. The first-order valence-electron chi connectivity index (χ1n) is 8.37. The number of benzene rings is 2. The van der Waals surface area contributed by atoms with Crippen molar-refractivity contribution in [2.45, 2.75) is 40.0 Å². The summed E-state index contributed by atoms with van der Waals surface area (Å²) in [5.41, 5.74) is 5.77. The molecule has 0 aliphatic carbocycles. The summed E-state index contributed by atoms with van der Waals surface area (Å²) in [6.07, 6.45) is 1.97. The summed E-state index contributed by atoms with van der Waals surface area (Å²) in [4.78, 5) is 12.6. The Labute approximate surface area is 141 Å². The summed E-state index contributed by atoms with van der Waals surface area (Å²) < 4.78 is 5.31. The third-order valence-corrected chi connectivity index (χ3v) is 4.29. The van der Waals surface area contributed by atoms with Crippen LogP contribution in [0, 0.1) is 6.92 Å². The Morgan fingerprint density at radius 1 is 1.12 bits per heavy atom. The minimum Gasteiger partial charge on any atom is -0.356 e. The summed E-state index contributed by atoms with van der Waals surface area (Å²) in [5.74, 6) is -0.0673. The Hall–Kier alpha value is -2.62.